The third kappa shape index (κ3) is 4.14. The molecule has 6 heteroatoms. The van der Waals surface area contributed by atoms with Crippen molar-refractivity contribution in [1.82, 2.24) is 4.90 Å². The van der Waals surface area contributed by atoms with Crippen LogP contribution in [0.2, 0.25) is 0 Å². The summed E-state index contributed by atoms with van der Waals surface area (Å²) in [6.45, 7) is 4.96. The molecule has 4 nitrogen and oxygen atoms in total. The first-order valence-corrected chi connectivity index (χ1v) is 9.02. The highest BCUT2D eigenvalue weighted by molar-refractivity contribution is 14.1. The van der Waals surface area contributed by atoms with Crippen molar-refractivity contribution in [3.63, 3.8) is 0 Å². The Morgan fingerprint density at radius 2 is 1.84 bits per heavy atom. The summed E-state index contributed by atoms with van der Waals surface area (Å²) in [4.78, 5) is 2.58. The summed E-state index contributed by atoms with van der Waals surface area (Å²) in [6.07, 6.45) is 0. The Balaban J connectivity index is 2.05. The van der Waals surface area contributed by atoms with Gasteiger partial charge in [-0.1, -0.05) is 0 Å². The normalized spacial score (nSPS) is 19.3. The van der Waals surface area contributed by atoms with Crippen LogP contribution < -0.4 is 0 Å². The number of hydrogen-bond acceptors (Lipinski definition) is 4. The molecule has 1 saturated heterocycles. The number of hydrogen-bond donors (Lipinski definition) is 0. The SMILES string of the molecule is C[C@H](CS(=O)(=O)c1ccc(I)cc1)N1CCOCC1. The average Bonchev–Trinajstić information content (AvgIpc) is 2.40. The molecule has 2 rings (SSSR count). The van der Waals surface area contributed by atoms with Crippen molar-refractivity contribution in [2.75, 3.05) is 32.1 Å². The summed E-state index contributed by atoms with van der Waals surface area (Å²) >= 11 is 2.17. The highest BCUT2D eigenvalue weighted by Crippen LogP contribution is 2.16. The van der Waals surface area contributed by atoms with E-state index in [0.29, 0.717) is 18.1 Å². The van der Waals surface area contributed by atoms with Crippen molar-refractivity contribution in [2.24, 2.45) is 0 Å². The lowest BCUT2D eigenvalue weighted by Crippen LogP contribution is -2.45. The number of sulfone groups is 1. The predicted octanol–water partition coefficient (Wildman–Crippen LogP) is 1.79. The Labute approximate surface area is 128 Å². The van der Waals surface area contributed by atoms with E-state index in [0.717, 1.165) is 16.7 Å². The van der Waals surface area contributed by atoms with Crippen LogP contribution >= 0.6 is 22.6 Å². The molecular weight excluding hydrogens is 377 g/mol. The van der Waals surface area contributed by atoms with E-state index in [1.807, 2.05) is 19.1 Å². The van der Waals surface area contributed by atoms with Crippen molar-refractivity contribution < 1.29 is 13.2 Å². The van der Waals surface area contributed by atoms with Gasteiger partial charge >= 0.3 is 0 Å². The average molecular weight is 395 g/mol. The van der Waals surface area contributed by atoms with E-state index < -0.39 is 9.84 Å². The molecule has 1 aromatic rings. The molecule has 0 aliphatic carbocycles. The maximum absolute atomic E-state index is 12.3. The second-order valence-corrected chi connectivity index (χ2v) is 8.01. The fourth-order valence-electron chi connectivity index (χ4n) is 2.18. The highest BCUT2D eigenvalue weighted by Gasteiger charge is 2.24. The first-order valence-electron chi connectivity index (χ1n) is 6.29. The topological polar surface area (TPSA) is 46.6 Å². The van der Waals surface area contributed by atoms with E-state index in [2.05, 4.69) is 27.5 Å². The fraction of sp³-hybridized carbons (Fsp3) is 0.538. The lowest BCUT2D eigenvalue weighted by molar-refractivity contribution is 0.0243. The second-order valence-electron chi connectivity index (χ2n) is 4.73. The van der Waals surface area contributed by atoms with Gasteiger partial charge < -0.3 is 4.74 Å². The zero-order chi connectivity index (χ0) is 13.9. The van der Waals surface area contributed by atoms with Gasteiger partial charge in [-0.2, -0.15) is 0 Å². The molecular formula is C13H18INO3S. The van der Waals surface area contributed by atoms with Gasteiger partial charge in [-0.15, -0.1) is 0 Å². The maximum atomic E-state index is 12.3. The van der Waals surface area contributed by atoms with Gasteiger partial charge in [0.05, 0.1) is 23.9 Å². The van der Waals surface area contributed by atoms with Gasteiger partial charge in [0.2, 0.25) is 0 Å². The highest BCUT2D eigenvalue weighted by atomic mass is 127. The number of morpholine rings is 1. The van der Waals surface area contributed by atoms with Gasteiger partial charge in [-0.3, -0.25) is 4.90 Å². The Kier molecular flexibility index (Phi) is 5.22. The van der Waals surface area contributed by atoms with Gasteiger partial charge in [0, 0.05) is 22.7 Å². The van der Waals surface area contributed by atoms with E-state index in [9.17, 15) is 8.42 Å². The van der Waals surface area contributed by atoms with Crippen LogP contribution in [0.4, 0.5) is 0 Å². The fourth-order valence-corrected chi connectivity index (χ4v) is 4.13. The van der Waals surface area contributed by atoms with Crippen LogP contribution in [-0.2, 0) is 14.6 Å². The van der Waals surface area contributed by atoms with Crippen LogP contribution in [0.25, 0.3) is 0 Å². The molecule has 0 spiro atoms. The third-order valence-corrected chi connectivity index (χ3v) is 5.93. The lowest BCUT2D eigenvalue weighted by Gasteiger charge is -2.32. The lowest BCUT2D eigenvalue weighted by atomic mass is 10.3. The van der Waals surface area contributed by atoms with Crippen molar-refractivity contribution in [2.45, 2.75) is 17.9 Å². The minimum Gasteiger partial charge on any atom is -0.379 e. The molecule has 1 atom stereocenters. The Hall–Kier alpha value is -0.180. The van der Waals surface area contributed by atoms with Gasteiger partial charge in [-0.25, -0.2) is 8.42 Å². The minimum absolute atomic E-state index is 0.0215. The van der Waals surface area contributed by atoms with Gasteiger partial charge in [0.25, 0.3) is 0 Å². The van der Waals surface area contributed by atoms with E-state index in [1.165, 1.54) is 0 Å². The molecule has 1 fully saturated rings. The monoisotopic (exact) mass is 395 g/mol. The number of nitrogens with zero attached hydrogens (tertiary/aromatic N) is 1. The quantitative estimate of drug-likeness (QED) is 0.730. The van der Waals surface area contributed by atoms with E-state index in [1.54, 1.807) is 12.1 Å². The van der Waals surface area contributed by atoms with Crippen LogP contribution in [0.15, 0.2) is 29.2 Å². The van der Waals surface area contributed by atoms with Gasteiger partial charge in [0.1, 0.15) is 0 Å². The Bertz CT molecular complexity index is 509. The number of rotatable bonds is 4. The molecule has 1 aromatic carbocycles. The van der Waals surface area contributed by atoms with Gasteiger partial charge in [0.15, 0.2) is 9.84 Å². The Morgan fingerprint density at radius 3 is 2.42 bits per heavy atom. The molecule has 19 heavy (non-hydrogen) atoms. The second kappa shape index (κ2) is 6.51. The summed E-state index contributed by atoms with van der Waals surface area (Å²) in [6, 6.07) is 7.04. The third-order valence-electron chi connectivity index (χ3n) is 3.30. The van der Waals surface area contributed by atoms with Crippen molar-refractivity contribution in [3.05, 3.63) is 27.8 Å². The molecule has 0 unspecified atom stereocenters. The van der Waals surface area contributed by atoms with E-state index in [-0.39, 0.29) is 11.8 Å². The first kappa shape index (κ1) is 15.2. The summed E-state index contributed by atoms with van der Waals surface area (Å²) in [5.74, 6) is 0.160. The number of benzene rings is 1. The molecule has 0 amide bonds. The van der Waals surface area contributed by atoms with Crippen LogP contribution in [0, 0.1) is 3.57 Å². The molecule has 0 saturated carbocycles. The van der Waals surface area contributed by atoms with E-state index in [4.69, 9.17) is 4.74 Å². The number of halogens is 1. The summed E-state index contributed by atoms with van der Waals surface area (Å²) in [5.41, 5.74) is 0. The molecule has 1 aliphatic heterocycles. The molecule has 0 radical (unpaired) electrons. The van der Waals surface area contributed by atoms with Crippen LogP contribution in [0.1, 0.15) is 6.92 Å². The van der Waals surface area contributed by atoms with Gasteiger partial charge in [-0.05, 0) is 53.8 Å². The zero-order valence-corrected chi connectivity index (χ0v) is 13.9. The van der Waals surface area contributed by atoms with Crippen molar-refractivity contribution in [3.8, 4) is 0 Å². The summed E-state index contributed by atoms with van der Waals surface area (Å²) < 4.78 is 31.0. The smallest absolute Gasteiger partial charge is 0.179 e. The first-order chi connectivity index (χ1) is 8.99. The molecule has 1 aliphatic rings. The molecule has 1 heterocycles. The summed E-state index contributed by atoms with van der Waals surface area (Å²) in [5, 5.41) is 0. The predicted molar refractivity (Wildman–Crippen MR) is 83.1 cm³/mol. The van der Waals surface area contributed by atoms with Crippen LogP contribution in [0.3, 0.4) is 0 Å². The van der Waals surface area contributed by atoms with Crippen molar-refractivity contribution >= 4 is 32.4 Å². The molecule has 106 valence electrons. The summed E-state index contributed by atoms with van der Waals surface area (Å²) in [7, 11) is -3.21. The molecule has 0 N–H and O–H groups in total. The van der Waals surface area contributed by atoms with Crippen LogP contribution in [-0.4, -0.2) is 51.4 Å². The zero-order valence-electron chi connectivity index (χ0n) is 10.9. The molecule has 0 aromatic heterocycles. The minimum atomic E-state index is -3.21. The standard InChI is InChI=1S/C13H18INO3S/c1-11(15-6-8-18-9-7-15)10-19(16,17)13-4-2-12(14)3-5-13/h2-5,11H,6-10H2,1H3/t11-/m1/s1. The van der Waals surface area contributed by atoms with Crippen molar-refractivity contribution in [1.29, 1.82) is 0 Å². The molecule has 0 bridgehead atoms. The van der Waals surface area contributed by atoms with E-state index >= 15 is 0 Å². The largest absolute Gasteiger partial charge is 0.379 e. The van der Waals surface area contributed by atoms with Crippen LogP contribution in [0.5, 0.6) is 0 Å². The number of ether oxygens (including phenoxy) is 1. The maximum Gasteiger partial charge on any atom is 0.179 e. The Morgan fingerprint density at radius 1 is 1.26 bits per heavy atom.